The van der Waals surface area contributed by atoms with Gasteiger partial charge in [0.2, 0.25) is 5.91 Å². The number of nitrogens with zero attached hydrogens (tertiary/aromatic N) is 1. The fourth-order valence-corrected chi connectivity index (χ4v) is 1.81. The molecule has 5 heteroatoms. The van der Waals surface area contributed by atoms with Gasteiger partial charge < -0.3 is 16.2 Å². The SMILES string of the molecule is Cc1cccc(NC(=O)C(N)Cc2ccc(O)cc2)n1. The number of phenolic OH excluding ortho intramolecular Hbond substituents is 1. The number of benzene rings is 1. The summed E-state index contributed by atoms with van der Waals surface area (Å²) in [7, 11) is 0. The second-order valence-corrected chi connectivity index (χ2v) is 4.63. The Morgan fingerprint density at radius 1 is 1.30 bits per heavy atom. The minimum atomic E-state index is -0.665. The van der Waals surface area contributed by atoms with Crippen LogP contribution in [0.2, 0.25) is 0 Å². The van der Waals surface area contributed by atoms with Crippen LogP contribution in [-0.4, -0.2) is 22.0 Å². The van der Waals surface area contributed by atoms with Crippen LogP contribution in [0, 0.1) is 6.92 Å². The minimum absolute atomic E-state index is 0.190. The molecular formula is C15H17N3O2. The van der Waals surface area contributed by atoms with E-state index in [1.807, 2.05) is 19.1 Å². The van der Waals surface area contributed by atoms with Gasteiger partial charge in [0.25, 0.3) is 0 Å². The molecule has 0 aliphatic carbocycles. The average Bonchev–Trinajstić information content (AvgIpc) is 2.41. The number of carbonyl (C=O) groups is 1. The monoisotopic (exact) mass is 271 g/mol. The highest BCUT2D eigenvalue weighted by Crippen LogP contribution is 2.11. The summed E-state index contributed by atoms with van der Waals surface area (Å²) in [4.78, 5) is 16.2. The highest BCUT2D eigenvalue weighted by Gasteiger charge is 2.14. The molecule has 0 aliphatic rings. The van der Waals surface area contributed by atoms with E-state index in [0.717, 1.165) is 11.3 Å². The molecule has 5 nitrogen and oxygen atoms in total. The first-order valence-corrected chi connectivity index (χ1v) is 6.32. The Labute approximate surface area is 117 Å². The van der Waals surface area contributed by atoms with Crippen LogP contribution >= 0.6 is 0 Å². The third kappa shape index (κ3) is 3.80. The van der Waals surface area contributed by atoms with Crippen LogP contribution in [0.3, 0.4) is 0 Å². The Bertz CT molecular complexity index is 596. The summed E-state index contributed by atoms with van der Waals surface area (Å²) < 4.78 is 0. The predicted octanol–water partition coefficient (Wildman–Crippen LogP) is 1.60. The second kappa shape index (κ2) is 6.16. The van der Waals surface area contributed by atoms with Crippen LogP contribution in [0.5, 0.6) is 5.75 Å². The summed E-state index contributed by atoms with van der Waals surface area (Å²) in [5.41, 5.74) is 7.59. The molecule has 0 bridgehead atoms. The van der Waals surface area contributed by atoms with E-state index >= 15 is 0 Å². The minimum Gasteiger partial charge on any atom is -0.508 e. The number of aromatic nitrogens is 1. The molecule has 0 spiro atoms. The molecule has 1 unspecified atom stereocenters. The maximum absolute atomic E-state index is 12.0. The highest BCUT2D eigenvalue weighted by molar-refractivity contribution is 5.94. The number of aromatic hydroxyl groups is 1. The van der Waals surface area contributed by atoms with Crippen molar-refractivity contribution >= 4 is 11.7 Å². The number of rotatable bonds is 4. The van der Waals surface area contributed by atoms with Gasteiger partial charge in [-0.25, -0.2) is 4.98 Å². The lowest BCUT2D eigenvalue weighted by molar-refractivity contribution is -0.117. The van der Waals surface area contributed by atoms with Gasteiger partial charge in [0.15, 0.2) is 0 Å². The molecule has 1 heterocycles. The molecule has 2 aromatic rings. The largest absolute Gasteiger partial charge is 0.508 e. The molecule has 2 rings (SSSR count). The number of hydrogen-bond donors (Lipinski definition) is 3. The number of phenols is 1. The molecule has 0 aliphatic heterocycles. The summed E-state index contributed by atoms with van der Waals surface area (Å²) in [6.45, 7) is 1.85. The number of aryl methyl sites for hydroxylation is 1. The normalized spacial score (nSPS) is 11.9. The summed E-state index contributed by atoms with van der Waals surface area (Å²) in [6.07, 6.45) is 0.401. The lowest BCUT2D eigenvalue weighted by atomic mass is 10.1. The molecule has 1 aromatic heterocycles. The van der Waals surface area contributed by atoms with Crippen LogP contribution in [-0.2, 0) is 11.2 Å². The first-order chi connectivity index (χ1) is 9.54. The van der Waals surface area contributed by atoms with Crippen LogP contribution in [0.15, 0.2) is 42.5 Å². The number of pyridine rings is 1. The van der Waals surface area contributed by atoms with E-state index in [0.29, 0.717) is 12.2 Å². The van der Waals surface area contributed by atoms with E-state index in [1.54, 1.807) is 30.3 Å². The van der Waals surface area contributed by atoms with Gasteiger partial charge in [-0.2, -0.15) is 0 Å². The molecule has 104 valence electrons. The van der Waals surface area contributed by atoms with Crippen molar-refractivity contribution < 1.29 is 9.90 Å². The Kier molecular flexibility index (Phi) is 4.32. The molecule has 0 fully saturated rings. The number of carbonyl (C=O) groups excluding carboxylic acids is 1. The van der Waals surface area contributed by atoms with Crippen LogP contribution in [0.1, 0.15) is 11.3 Å². The van der Waals surface area contributed by atoms with Crippen molar-refractivity contribution in [3.8, 4) is 5.75 Å². The maximum atomic E-state index is 12.0. The van der Waals surface area contributed by atoms with E-state index in [4.69, 9.17) is 5.73 Å². The second-order valence-electron chi connectivity index (χ2n) is 4.63. The molecule has 1 aromatic carbocycles. The molecule has 4 N–H and O–H groups in total. The molecular weight excluding hydrogens is 254 g/mol. The number of nitrogens with two attached hydrogens (primary N) is 1. The molecule has 1 amide bonds. The van der Waals surface area contributed by atoms with E-state index < -0.39 is 6.04 Å². The number of nitrogens with one attached hydrogen (secondary N) is 1. The first-order valence-electron chi connectivity index (χ1n) is 6.32. The summed E-state index contributed by atoms with van der Waals surface area (Å²) in [5, 5.41) is 11.9. The van der Waals surface area contributed by atoms with Gasteiger partial charge in [-0.3, -0.25) is 4.79 Å². The average molecular weight is 271 g/mol. The van der Waals surface area contributed by atoms with Crippen molar-refractivity contribution in [2.45, 2.75) is 19.4 Å². The van der Waals surface area contributed by atoms with Gasteiger partial charge in [0.05, 0.1) is 6.04 Å². The van der Waals surface area contributed by atoms with Crippen molar-refractivity contribution in [2.24, 2.45) is 5.73 Å². The highest BCUT2D eigenvalue weighted by atomic mass is 16.3. The Balaban J connectivity index is 1.96. The van der Waals surface area contributed by atoms with E-state index in [9.17, 15) is 9.90 Å². The van der Waals surface area contributed by atoms with E-state index in [1.165, 1.54) is 0 Å². The van der Waals surface area contributed by atoms with Crippen LogP contribution in [0.25, 0.3) is 0 Å². The zero-order valence-corrected chi connectivity index (χ0v) is 11.2. The van der Waals surface area contributed by atoms with Crippen molar-refractivity contribution in [1.82, 2.24) is 4.98 Å². The van der Waals surface area contributed by atoms with E-state index in [2.05, 4.69) is 10.3 Å². The molecule has 1 atom stereocenters. The van der Waals surface area contributed by atoms with Gasteiger partial charge in [0, 0.05) is 5.69 Å². The van der Waals surface area contributed by atoms with Gasteiger partial charge in [-0.1, -0.05) is 18.2 Å². The smallest absolute Gasteiger partial charge is 0.242 e. The lowest BCUT2D eigenvalue weighted by Crippen LogP contribution is -2.37. The topological polar surface area (TPSA) is 88.2 Å². The number of amides is 1. The van der Waals surface area contributed by atoms with Crippen molar-refractivity contribution in [3.63, 3.8) is 0 Å². The lowest BCUT2D eigenvalue weighted by Gasteiger charge is -2.12. The third-order valence-corrected chi connectivity index (χ3v) is 2.87. The van der Waals surface area contributed by atoms with Crippen LogP contribution in [0.4, 0.5) is 5.82 Å². The molecule has 20 heavy (non-hydrogen) atoms. The quantitative estimate of drug-likeness (QED) is 0.788. The molecule has 0 saturated heterocycles. The Hall–Kier alpha value is -2.40. The van der Waals surface area contributed by atoms with Crippen molar-refractivity contribution in [1.29, 1.82) is 0 Å². The fraction of sp³-hybridized carbons (Fsp3) is 0.200. The van der Waals surface area contributed by atoms with Crippen molar-refractivity contribution in [3.05, 3.63) is 53.7 Å². The standard InChI is InChI=1S/C15H17N3O2/c1-10-3-2-4-14(17-10)18-15(20)13(16)9-11-5-7-12(19)8-6-11/h2-8,13,19H,9,16H2,1H3,(H,17,18,20). The van der Waals surface area contributed by atoms with E-state index in [-0.39, 0.29) is 11.7 Å². The number of hydrogen-bond acceptors (Lipinski definition) is 4. The summed E-state index contributed by atoms with van der Waals surface area (Å²) in [6, 6.07) is 11.4. The summed E-state index contributed by atoms with van der Waals surface area (Å²) >= 11 is 0. The fourth-order valence-electron chi connectivity index (χ4n) is 1.81. The van der Waals surface area contributed by atoms with Crippen molar-refractivity contribution in [2.75, 3.05) is 5.32 Å². The zero-order valence-electron chi connectivity index (χ0n) is 11.2. The Morgan fingerprint density at radius 2 is 2.00 bits per heavy atom. The maximum Gasteiger partial charge on any atom is 0.242 e. The van der Waals surface area contributed by atoms with Gasteiger partial charge in [-0.05, 0) is 43.2 Å². The summed E-state index contributed by atoms with van der Waals surface area (Å²) in [5.74, 6) is 0.406. The molecule has 0 saturated carbocycles. The number of anilines is 1. The zero-order chi connectivity index (χ0) is 14.5. The molecule has 0 radical (unpaired) electrons. The van der Waals surface area contributed by atoms with Gasteiger partial charge >= 0.3 is 0 Å². The Morgan fingerprint density at radius 3 is 2.65 bits per heavy atom. The van der Waals surface area contributed by atoms with Gasteiger partial charge in [-0.15, -0.1) is 0 Å². The predicted molar refractivity (Wildman–Crippen MR) is 77.4 cm³/mol. The van der Waals surface area contributed by atoms with Crippen LogP contribution < -0.4 is 11.1 Å². The third-order valence-electron chi connectivity index (χ3n) is 2.87. The first kappa shape index (κ1) is 14.0. The van der Waals surface area contributed by atoms with Gasteiger partial charge in [0.1, 0.15) is 11.6 Å².